The third kappa shape index (κ3) is 5.64. The van der Waals surface area contributed by atoms with Crippen molar-refractivity contribution in [2.45, 2.75) is 65.6 Å². The van der Waals surface area contributed by atoms with E-state index < -0.39 is 0 Å². The predicted molar refractivity (Wildman–Crippen MR) is 127 cm³/mol. The molecular formula is C28H36N2. The van der Waals surface area contributed by atoms with Crippen LogP contribution in [-0.4, -0.2) is 16.0 Å². The highest BCUT2D eigenvalue weighted by Crippen LogP contribution is 2.26. The SMILES string of the molecule is Cc1cccc(Cn2cccc2CN(Cc2ccccc2C)CC2CCCCC2)c1. The number of nitrogens with zero attached hydrogens (tertiary/aromatic N) is 2. The molecule has 0 radical (unpaired) electrons. The van der Waals surface area contributed by atoms with Gasteiger partial charge in [-0.25, -0.2) is 0 Å². The highest BCUT2D eigenvalue weighted by atomic mass is 15.1. The summed E-state index contributed by atoms with van der Waals surface area (Å²) in [5.41, 5.74) is 7.00. The van der Waals surface area contributed by atoms with Crippen molar-refractivity contribution in [3.63, 3.8) is 0 Å². The molecule has 1 aliphatic carbocycles. The predicted octanol–water partition coefficient (Wildman–Crippen LogP) is 6.74. The molecule has 0 saturated heterocycles. The van der Waals surface area contributed by atoms with Gasteiger partial charge in [-0.2, -0.15) is 0 Å². The molecule has 0 unspecified atom stereocenters. The van der Waals surface area contributed by atoms with Crippen LogP contribution >= 0.6 is 0 Å². The van der Waals surface area contributed by atoms with E-state index in [-0.39, 0.29) is 0 Å². The van der Waals surface area contributed by atoms with Gasteiger partial charge in [0, 0.05) is 38.1 Å². The van der Waals surface area contributed by atoms with Crippen LogP contribution in [-0.2, 0) is 19.6 Å². The Balaban J connectivity index is 1.51. The Hall–Kier alpha value is -2.32. The van der Waals surface area contributed by atoms with Gasteiger partial charge in [0.05, 0.1) is 0 Å². The topological polar surface area (TPSA) is 8.17 Å². The molecule has 0 amide bonds. The number of aryl methyl sites for hydroxylation is 2. The second-order valence-corrected chi connectivity index (χ2v) is 9.22. The van der Waals surface area contributed by atoms with E-state index in [1.165, 1.54) is 66.6 Å². The van der Waals surface area contributed by atoms with Crippen molar-refractivity contribution >= 4 is 0 Å². The smallest absolute Gasteiger partial charge is 0.0473 e. The molecule has 0 aliphatic heterocycles. The van der Waals surface area contributed by atoms with Crippen LogP contribution < -0.4 is 0 Å². The average molecular weight is 401 g/mol. The van der Waals surface area contributed by atoms with Crippen LogP contribution in [0.25, 0.3) is 0 Å². The number of hydrogen-bond acceptors (Lipinski definition) is 1. The maximum Gasteiger partial charge on any atom is 0.0473 e. The summed E-state index contributed by atoms with van der Waals surface area (Å²) in [5.74, 6) is 0.850. The summed E-state index contributed by atoms with van der Waals surface area (Å²) in [6, 6.07) is 22.3. The Labute approximate surface area is 182 Å². The minimum atomic E-state index is 0.850. The Morgan fingerprint density at radius 1 is 0.867 bits per heavy atom. The lowest BCUT2D eigenvalue weighted by molar-refractivity contribution is 0.183. The van der Waals surface area contributed by atoms with Gasteiger partial charge in [0.15, 0.2) is 0 Å². The van der Waals surface area contributed by atoms with Gasteiger partial charge < -0.3 is 4.57 Å². The minimum Gasteiger partial charge on any atom is -0.346 e. The number of rotatable bonds is 8. The van der Waals surface area contributed by atoms with Gasteiger partial charge in [-0.15, -0.1) is 0 Å². The van der Waals surface area contributed by atoms with E-state index in [0.717, 1.165) is 25.6 Å². The second-order valence-electron chi connectivity index (χ2n) is 9.22. The summed E-state index contributed by atoms with van der Waals surface area (Å²) in [4.78, 5) is 2.69. The van der Waals surface area contributed by atoms with Crippen LogP contribution in [0.5, 0.6) is 0 Å². The molecule has 0 atom stereocenters. The van der Waals surface area contributed by atoms with Gasteiger partial charge >= 0.3 is 0 Å². The first-order chi connectivity index (χ1) is 14.7. The van der Waals surface area contributed by atoms with Gasteiger partial charge in [0.1, 0.15) is 0 Å². The summed E-state index contributed by atoms with van der Waals surface area (Å²) in [6.07, 6.45) is 9.28. The van der Waals surface area contributed by atoms with E-state index in [1.807, 2.05) is 0 Å². The van der Waals surface area contributed by atoms with Gasteiger partial charge in [-0.3, -0.25) is 4.90 Å². The summed E-state index contributed by atoms with van der Waals surface area (Å²) >= 11 is 0. The molecule has 1 aromatic heterocycles. The number of hydrogen-bond donors (Lipinski definition) is 0. The summed E-state index contributed by atoms with van der Waals surface area (Å²) in [5, 5.41) is 0. The first-order valence-electron chi connectivity index (χ1n) is 11.6. The maximum atomic E-state index is 2.69. The highest BCUT2D eigenvalue weighted by Gasteiger charge is 2.19. The fraction of sp³-hybridized carbons (Fsp3) is 0.429. The van der Waals surface area contributed by atoms with E-state index in [9.17, 15) is 0 Å². The average Bonchev–Trinajstić information content (AvgIpc) is 3.17. The normalized spacial score (nSPS) is 15.0. The molecule has 2 aromatic carbocycles. The monoisotopic (exact) mass is 400 g/mol. The fourth-order valence-electron chi connectivity index (χ4n) is 4.93. The Bertz CT molecular complexity index is 933. The molecule has 0 N–H and O–H groups in total. The second kappa shape index (κ2) is 10.1. The zero-order chi connectivity index (χ0) is 20.8. The van der Waals surface area contributed by atoms with Crippen molar-refractivity contribution in [2.75, 3.05) is 6.54 Å². The molecule has 2 nitrogen and oxygen atoms in total. The zero-order valence-corrected chi connectivity index (χ0v) is 18.7. The van der Waals surface area contributed by atoms with E-state index in [0.29, 0.717) is 0 Å². The summed E-state index contributed by atoms with van der Waals surface area (Å²) in [6.45, 7) is 8.64. The molecule has 1 saturated carbocycles. The quantitative estimate of drug-likeness (QED) is 0.407. The van der Waals surface area contributed by atoms with Crippen molar-refractivity contribution in [1.82, 2.24) is 9.47 Å². The lowest BCUT2D eigenvalue weighted by Gasteiger charge is -2.30. The van der Waals surface area contributed by atoms with Gasteiger partial charge in [0.2, 0.25) is 0 Å². The standard InChI is InChI=1S/C28H36N2/c1-23-10-8-14-26(18-23)20-30-17-9-16-28(30)22-29(19-25-12-4-3-5-13-25)21-27-15-7-6-11-24(27)2/h6-11,14-18,25H,3-5,12-13,19-22H2,1-2H3. The van der Waals surface area contributed by atoms with Crippen LogP contribution in [0.15, 0.2) is 66.9 Å². The van der Waals surface area contributed by atoms with Crippen molar-refractivity contribution in [3.05, 3.63) is 94.8 Å². The molecule has 3 aromatic rings. The molecule has 1 aliphatic rings. The Kier molecular flexibility index (Phi) is 7.07. The Morgan fingerprint density at radius 3 is 2.50 bits per heavy atom. The number of benzene rings is 2. The molecule has 0 spiro atoms. The summed E-state index contributed by atoms with van der Waals surface area (Å²) in [7, 11) is 0. The van der Waals surface area contributed by atoms with Crippen molar-refractivity contribution in [3.8, 4) is 0 Å². The van der Waals surface area contributed by atoms with Crippen LogP contribution in [0.2, 0.25) is 0 Å². The molecule has 4 rings (SSSR count). The van der Waals surface area contributed by atoms with Crippen molar-refractivity contribution < 1.29 is 0 Å². The van der Waals surface area contributed by atoms with Crippen LogP contribution in [0.3, 0.4) is 0 Å². The third-order valence-electron chi connectivity index (χ3n) is 6.64. The zero-order valence-electron chi connectivity index (χ0n) is 18.7. The molecule has 1 fully saturated rings. The van der Waals surface area contributed by atoms with Crippen molar-refractivity contribution in [1.29, 1.82) is 0 Å². The van der Waals surface area contributed by atoms with Crippen LogP contribution in [0, 0.1) is 19.8 Å². The van der Waals surface area contributed by atoms with Gasteiger partial charge in [-0.1, -0.05) is 73.4 Å². The number of aromatic nitrogens is 1. The van der Waals surface area contributed by atoms with E-state index in [2.05, 4.69) is 90.2 Å². The molecule has 30 heavy (non-hydrogen) atoms. The maximum absolute atomic E-state index is 2.69. The summed E-state index contributed by atoms with van der Waals surface area (Å²) < 4.78 is 2.43. The van der Waals surface area contributed by atoms with Gasteiger partial charge in [0.25, 0.3) is 0 Å². The first kappa shape index (κ1) is 20.9. The van der Waals surface area contributed by atoms with E-state index in [1.54, 1.807) is 0 Å². The lowest BCUT2D eigenvalue weighted by Crippen LogP contribution is -2.31. The van der Waals surface area contributed by atoms with Crippen molar-refractivity contribution in [2.24, 2.45) is 5.92 Å². The molecule has 1 heterocycles. The van der Waals surface area contributed by atoms with E-state index in [4.69, 9.17) is 0 Å². The highest BCUT2D eigenvalue weighted by molar-refractivity contribution is 5.26. The first-order valence-corrected chi connectivity index (χ1v) is 11.6. The largest absolute Gasteiger partial charge is 0.346 e. The van der Waals surface area contributed by atoms with Crippen LogP contribution in [0.4, 0.5) is 0 Å². The molecule has 0 bridgehead atoms. The molecular weight excluding hydrogens is 364 g/mol. The molecule has 2 heteroatoms. The Morgan fingerprint density at radius 2 is 1.70 bits per heavy atom. The van der Waals surface area contributed by atoms with Gasteiger partial charge in [-0.05, 0) is 61.4 Å². The molecule has 158 valence electrons. The third-order valence-corrected chi connectivity index (χ3v) is 6.64. The minimum absolute atomic E-state index is 0.850. The van der Waals surface area contributed by atoms with E-state index >= 15 is 0 Å². The lowest BCUT2D eigenvalue weighted by atomic mass is 9.88. The van der Waals surface area contributed by atoms with Crippen LogP contribution in [0.1, 0.15) is 60.1 Å². The fourth-order valence-corrected chi connectivity index (χ4v) is 4.93.